The minimum Gasteiger partial charge on any atom is -0.497 e. The average molecular weight is 764 g/mol. The number of allylic oxidation sites excluding steroid dienone is 2. The van der Waals surface area contributed by atoms with E-state index < -0.39 is 24.1 Å². The van der Waals surface area contributed by atoms with Crippen molar-refractivity contribution in [3.05, 3.63) is 142 Å². The summed E-state index contributed by atoms with van der Waals surface area (Å²) < 4.78 is 34.9. The second-order valence-electron chi connectivity index (χ2n) is 13.2. The molecule has 0 radical (unpaired) electrons. The highest BCUT2D eigenvalue weighted by atomic mass is 32.2. The van der Waals surface area contributed by atoms with Crippen molar-refractivity contribution >= 4 is 29.2 Å². The highest BCUT2D eigenvalue weighted by molar-refractivity contribution is 8.04. The number of fused-ring (bicyclic) bond motifs is 3. The van der Waals surface area contributed by atoms with Crippen LogP contribution >= 0.6 is 11.8 Å². The first-order chi connectivity index (χ1) is 26.6. The van der Waals surface area contributed by atoms with E-state index in [1.807, 2.05) is 61.5 Å². The molecule has 12 heteroatoms. The first-order valence-corrected chi connectivity index (χ1v) is 18.6. The number of thioether (sulfide) groups is 1. The van der Waals surface area contributed by atoms with Crippen LogP contribution in [0, 0.1) is 12.8 Å². The smallest absolute Gasteiger partial charge is 0.356 e. The molecular weight excluding hydrogens is 723 g/mol. The first kappa shape index (κ1) is 37.6. The number of β-lactam (4-membered cyclic amide) rings is 1. The lowest BCUT2D eigenvalue weighted by molar-refractivity contribution is -0.157. The molecule has 3 aliphatic heterocycles. The lowest BCUT2D eigenvalue weighted by atomic mass is 9.85. The van der Waals surface area contributed by atoms with Crippen molar-refractivity contribution in [3.63, 3.8) is 0 Å². The van der Waals surface area contributed by atoms with E-state index in [1.165, 1.54) is 22.7 Å². The fraction of sp³-hybridized carbons (Fsp3) is 0.256. The standard InChI is InChI=1S/C43H41NO10S/c1-6-17-52-43(48)40-37(55-42-38(25(3)45)41(47)44(40)42)8-7-18-51-33-16-9-26(20-36(33)50-5)23-53-29-12-15-32-35(22-29)54-34-21-27(46)10-13-31(34)39(32)30-14-11-28(49-4)19-24(30)2/h6-16,19-22,25,27,38,42,45-46H,1,17-18,23H2,2-5H3/b8-7+/t25-,27?,38+,42-/m1/s1. The summed E-state index contributed by atoms with van der Waals surface area (Å²) in [5, 5.41) is 20.1. The van der Waals surface area contributed by atoms with E-state index in [1.54, 1.807) is 51.5 Å². The fourth-order valence-electron chi connectivity index (χ4n) is 6.85. The summed E-state index contributed by atoms with van der Waals surface area (Å²) in [7, 11) is 3.20. The quantitative estimate of drug-likeness (QED) is 0.108. The number of carbonyl (C=O) groups excluding carboxylic acids is 2. The van der Waals surface area contributed by atoms with Crippen molar-refractivity contribution in [2.24, 2.45) is 5.92 Å². The molecule has 4 aliphatic rings. The van der Waals surface area contributed by atoms with Gasteiger partial charge in [-0.2, -0.15) is 0 Å². The third-order valence-corrected chi connectivity index (χ3v) is 10.9. The molecule has 2 N–H and O–H groups in total. The highest BCUT2D eigenvalue weighted by Gasteiger charge is 2.57. The Morgan fingerprint density at radius 1 is 1.02 bits per heavy atom. The second kappa shape index (κ2) is 16.0. The van der Waals surface area contributed by atoms with Gasteiger partial charge in [0.25, 0.3) is 0 Å². The van der Waals surface area contributed by atoms with Crippen molar-refractivity contribution < 1.29 is 48.2 Å². The van der Waals surface area contributed by atoms with Crippen LogP contribution in [0.1, 0.15) is 29.2 Å². The Labute approximate surface area is 323 Å². The van der Waals surface area contributed by atoms with Gasteiger partial charge in [-0.1, -0.05) is 48.7 Å². The molecule has 0 bridgehead atoms. The number of rotatable bonds is 14. The van der Waals surface area contributed by atoms with Crippen LogP contribution in [0.15, 0.2) is 120 Å². The molecule has 55 heavy (non-hydrogen) atoms. The zero-order valence-electron chi connectivity index (χ0n) is 30.8. The molecule has 0 spiro atoms. The minimum absolute atomic E-state index is 0.00865. The number of ether oxygens (including phenoxy) is 6. The van der Waals surface area contributed by atoms with Crippen LogP contribution in [0.5, 0.6) is 28.7 Å². The van der Waals surface area contributed by atoms with E-state index in [9.17, 15) is 19.8 Å². The number of hydrogen-bond donors (Lipinski definition) is 2. The molecule has 1 amide bonds. The Morgan fingerprint density at radius 2 is 1.82 bits per heavy atom. The van der Waals surface area contributed by atoms with Crippen LogP contribution in [0.25, 0.3) is 5.57 Å². The summed E-state index contributed by atoms with van der Waals surface area (Å²) in [6.07, 6.45) is 8.65. The lowest BCUT2D eigenvalue weighted by Crippen LogP contribution is -2.60. The van der Waals surface area contributed by atoms with Crippen LogP contribution in [0.4, 0.5) is 0 Å². The van der Waals surface area contributed by atoms with Crippen molar-refractivity contribution in [2.45, 2.75) is 38.0 Å². The molecule has 3 aromatic rings. The summed E-state index contributed by atoms with van der Waals surface area (Å²) in [6.45, 7) is 7.58. The first-order valence-electron chi connectivity index (χ1n) is 17.7. The molecular formula is C43H41NO10S. The summed E-state index contributed by atoms with van der Waals surface area (Å²) in [6, 6.07) is 17.2. The lowest BCUT2D eigenvalue weighted by Gasteiger charge is -2.43. The van der Waals surface area contributed by atoms with Gasteiger partial charge in [0.05, 0.1) is 32.3 Å². The van der Waals surface area contributed by atoms with E-state index in [4.69, 9.17) is 28.4 Å². The summed E-state index contributed by atoms with van der Waals surface area (Å²) in [4.78, 5) is 27.5. The number of hydrogen-bond acceptors (Lipinski definition) is 11. The molecule has 1 aliphatic carbocycles. The van der Waals surface area contributed by atoms with Crippen LogP contribution < -0.4 is 23.7 Å². The van der Waals surface area contributed by atoms with Crippen molar-refractivity contribution in [1.29, 1.82) is 0 Å². The van der Waals surface area contributed by atoms with E-state index in [0.717, 1.165) is 39.1 Å². The number of carbonyl (C=O) groups is 2. The Bertz CT molecular complexity index is 2200. The Morgan fingerprint density at radius 3 is 2.56 bits per heavy atom. The van der Waals surface area contributed by atoms with E-state index in [2.05, 4.69) is 6.58 Å². The largest absolute Gasteiger partial charge is 0.497 e. The number of aliphatic hydroxyl groups is 2. The molecule has 4 atom stereocenters. The maximum Gasteiger partial charge on any atom is 0.356 e. The van der Waals surface area contributed by atoms with Crippen LogP contribution in [-0.2, 0) is 20.9 Å². The predicted octanol–water partition coefficient (Wildman–Crippen LogP) is 6.39. The molecule has 11 nitrogen and oxygen atoms in total. The van der Waals surface area contributed by atoms with E-state index in [0.29, 0.717) is 33.7 Å². The van der Waals surface area contributed by atoms with Crippen LogP contribution in [0.3, 0.4) is 0 Å². The van der Waals surface area contributed by atoms with Gasteiger partial charge < -0.3 is 38.6 Å². The summed E-state index contributed by atoms with van der Waals surface area (Å²) in [5.74, 6) is 2.03. The third kappa shape index (κ3) is 7.40. The number of nitrogens with zero attached hydrogens (tertiary/aromatic N) is 1. The highest BCUT2D eigenvalue weighted by Crippen LogP contribution is 2.51. The van der Waals surface area contributed by atoms with Gasteiger partial charge in [-0.15, -0.1) is 0 Å². The Kier molecular flexibility index (Phi) is 10.9. The number of amides is 1. The van der Waals surface area contributed by atoms with Crippen LogP contribution in [-0.4, -0.2) is 72.0 Å². The molecule has 3 heterocycles. The topological polar surface area (TPSA) is 133 Å². The fourth-order valence-corrected chi connectivity index (χ4v) is 8.39. The molecule has 7 rings (SSSR count). The van der Waals surface area contributed by atoms with Crippen molar-refractivity contribution in [3.8, 4) is 28.7 Å². The summed E-state index contributed by atoms with van der Waals surface area (Å²) >= 11 is 1.33. The zero-order valence-corrected chi connectivity index (χ0v) is 31.6. The van der Waals surface area contributed by atoms with Crippen molar-refractivity contribution in [1.82, 2.24) is 4.90 Å². The van der Waals surface area contributed by atoms with Crippen LogP contribution in [0.2, 0.25) is 0 Å². The average Bonchev–Trinajstić information content (AvgIpc) is 3.50. The van der Waals surface area contributed by atoms with Gasteiger partial charge in [-0.25, -0.2) is 4.79 Å². The van der Waals surface area contributed by atoms with Gasteiger partial charge in [0.1, 0.15) is 53.9 Å². The number of benzene rings is 3. The van der Waals surface area contributed by atoms with E-state index >= 15 is 0 Å². The predicted molar refractivity (Wildman–Crippen MR) is 208 cm³/mol. The molecule has 0 saturated carbocycles. The minimum atomic E-state index is -0.844. The number of aryl methyl sites for hydroxylation is 1. The zero-order chi connectivity index (χ0) is 38.8. The molecule has 1 saturated heterocycles. The van der Waals surface area contributed by atoms with Gasteiger partial charge in [0.15, 0.2) is 11.5 Å². The Balaban J connectivity index is 1.03. The Hall–Kier alpha value is -5.69. The molecule has 284 valence electrons. The number of aliphatic hydroxyl groups excluding tert-OH is 2. The SMILES string of the molecule is C=CCOC(=O)C1=C(/C=C/COc2ccc(COc3ccc4c(c3)OC3=CC(O)C=CC3=C4c3ccc(OC)cc3C)cc2OC)S[C@@H]2[C@@H]([C@@H](C)O)C(=O)N12. The van der Waals surface area contributed by atoms with E-state index in [-0.39, 0.29) is 36.8 Å². The van der Waals surface area contributed by atoms with Gasteiger partial charge in [0.2, 0.25) is 5.91 Å². The van der Waals surface area contributed by atoms with Gasteiger partial charge >= 0.3 is 5.97 Å². The van der Waals surface area contributed by atoms with Gasteiger partial charge in [-0.3, -0.25) is 9.69 Å². The normalized spacial score (nSPS) is 20.2. The molecule has 1 fully saturated rings. The third-order valence-electron chi connectivity index (χ3n) is 9.55. The molecule has 1 unspecified atom stereocenters. The van der Waals surface area contributed by atoms with Gasteiger partial charge in [0, 0.05) is 27.7 Å². The molecule has 0 aromatic heterocycles. The van der Waals surface area contributed by atoms with Crippen molar-refractivity contribution in [2.75, 3.05) is 27.4 Å². The second-order valence-corrected chi connectivity index (χ2v) is 14.3. The maximum absolute atomic E-state index is 12.8. The summed E-state index contributed by atoms with van der Waals surface area (Å²) in [5.41, 5.74) is 5.85. The maximum atomic E-state index is 12.8. The number of esters is 1. The number of methoxy groups -OCH3 is 2. The van der Waals surface area contributed by atoms with Gasteiger partial charge in [-0.05, 0) is 85.2 Å². The monoisotopic (exact) mass is 763 g/mol. The molecule has 3 aromatic carbocycles.